The third kappa shape index (κ3) is 2.35. The summed E-state index contributed by atoms with van der Waals surface area (Å²) in [6.45, 7) is 6.77. The molecule has 15 heavy (non-hydrogen) atoms. The maximum absolute atomic E-state index is 11.8. The van der Waals surface area contributed by atoms with Crippen molar-refractivity contribution >= 4 is 11.8 Å². The Bertz CT molecular complexity index is 328. The quantitative estimate of drug-likeness (QED) is 0.528. The molecule has 0 aromatic carbocycles. The van der Waals surface area contributed by atoms with Crippen LogP contribution in [0.1, 0.15) is 33.1 Å². The highest BCUT2D eigenvalue weighted by Crippen LogP contribution is 2.38. The highest BCUT2D eigenvalue weighted by molar-refractivity contribution is 5.89. The van der Waals surface area contributed by atoms with Crippen molar-refractivity contribution in [2.24, 2.45) is 5.41 Å². The van der Waals surface area contributed by atoms with E-state index in [4.69, 9.17) is 4.74 Å². The lowest BCUT2D eigenvalue weighted by Gasteiger charge is -2.31. The van der Waals surface area contributed by atoms with E-state index in [0.29, 0.717) is 25.0 Å². The van der Waals surface area contributed by atoms with Gasteiger partial charge in [0, 0.05) is 13.3 Å². The molecule has 0 heterocycles. The predicted molar refractivity (Wildman–Crippen MR) is 57.0 cm³/mol. The van der Waals surface area contributed by atoms with Crippen molar-refractivity contribution in [2.45, 2.75) is 33.1 Å². The Morgan fingerprint density at radius 3 is 2.93 bits per heavy atom. The van der Waals surface area contributed by atoms with Crippen molar-refractivity contribution in [1.82, 2.24) is 0 Å². The number of carbonyl (C=O) groups is 2. The van der Waals surface area contributed by atoms with Gasteiger partial charge < -0.3 is 4.74 Å². The molecule has 0 spiro atoms. The van der Waals surface area contributed by atoms with Crippen molar-refractivity contribution < 1.29 is 14.3 Å². The van der Waals surface area contributed by atoms with Crippen LogP contribution in [0.2, 0.25) is 0 Å². The van der Waals surface area contributed by atoms with Gasteiger partial charge in [-0.2, -0.15) is 0 Å². The van der Waals surface area contributed by atoms with E-state index in [-0.39, 0.29) is 11.8 Å². The van der Waals surface area contributed by atoms with Gasteiger partial charge in [-0.1, -0.05) is 6.08 Å². The maximum atomic E-state index is 11.8. The SMILES string of the molecule is C=CCC1(C)C(=O)CCC=C1OC(C)=O. The van der Waals surface area contributed by atoms with Crippen LogP contribution in [0, 0.1) is 5.41 Å². The van der Waals surface area contributed by atoms with Crippen molar-refractivity contribution in [3.8, 4) is 0 Å². The maximum Gasteiger partial charge on any atom is 0.307 e. The number of rotatable bonds is 3. The lowest BCUT2D eigenvalue weighted by Crippen LogP contribution is -2.33. The van der Waals surface area contributed by atoms with Crippen LogP contribution in [0.3, 0.4) is 0 Å². The normalized spacial score (nSPS) is 25.7. The standard InChI is InChI=1S/C12H16O3/c1-4-8-12(3)10(14)6-5-7-11(12)15-9(2)13/h4,7H,1,5-6,8H2,2-3H3. The average molecular weight is 208 g/mol. The highest BCUT2D eigenvalue weighted by atomic mass is 16.5. The number of allylic oxidation sites excluding steroid dienone is 3. The summed E-state index contributed by atoms with van der Waals surface area (Å²) in [7, 11) is 0. The predicted octanol–water partition coefficient (Wildman–Crippen LogP) is 2.38. The minimum Gasteiger partial charge on any atom is -0.431 e. The Morgan fingerprint density at radius 1 is 1.73 bits per heavy atom. The molecule has 3 nitrogen and oxygen atoms in total. The van der Waals surface area contributed by atoms with Gasteiger partial charge in [-0.05, 0) is 25.8 Å². The number of ether oxygens (including phenoxy) is 1. The lowest BCUT2D eigenvalue weighted by atomic mass is 9.75. The van der Waals surface area contributed by atoms with Crippen LogP contribution in [0.15, 0.2) is 24.5 Å². The summed E-state index contributed by atoms with van der Waals surface area (Å²) < 4.78 is 5.08. The summed E-state index contributed by atoms with van der Waals surface area (Å²) in [6.07, 6.45) is 5.17. The molecule has 1 rings (SSSR count). The van der Waals surface area contributed by atoms with Gasteiger partial charge in [0.15, 0.2) is 0 Å². The lowest BCUT2D eigenvalue weighted by molar-refractivity contribution is -0.141. The molecule has 0 aromatic rings. The van der Waals surface area contributed by atoms with Gasteiger partial charge in [0.25, 0.3) is 0 Å². The Balaban J connectivity index is 2.99. The molecule has 0 saturated carbocycles. The minimum atomic E-state index is -0.703. The number of carbonyl (C=O) groups excluding carboxylic acids is 2. The first kappa shape index (κ1) is 11.7. The molecule has 0 saturated heterocycles. The molecule has 3 heteroatoms. The zero-order chi connectivity index (χ0) is 11.5. The van der Waals surface area contributed by atoms with Crippen LogP contribution >= 0.6 is 0 Å². The Kier molecular flexibility index (Phi) is 3.45. The van der Waals surface area contributed by atoms with Gasteiger partial charge in [-0.25, -0.2) is 0 Å². The zero-order valence-corrected chi connectivity index (χ0v) is 9.21. The Hall–Kier alpha value is -1.38. The van der Waals surface area contributed by atoms with Crippen molar-refractivity contribution in [1.29, 1.82) is 0 Å². The summed E-state index contributed by atoms with van der Waals surface area (Å²) in [5.41, 5.74) is -0.703. The molecule has 0 bridgehead atoms. The second-order valence-electron chi connectivity index (χ2n) is 3.95. The fourth-order valence-corrected chi connectivity index (χ4v) is 1.79. The van der Waals surface area contributed by atoms with Gasteiger partial charge in [-0.3, -0.25) is 9.59 Å². The second kappa shape index (κ2) is 4.43. The third-order valence-electron chi connectivity index (χ3n) is 2.67. The topological polar surface area (TPSA) is 43.4 Å². The van der Waals surface area contributed by atoms with Gasteiger partial charge in [0.2, 0.25) is 0 Å². The monoisotopic (exact) mass is 208 g/mol. The summed E-state index contributed by atoms with van der Waals surface area (Å²) >= 11 is 0. The van der Waals surface area contributed by atoms with Gasteiger partial charge in [0.1, 0.15) is 11.5 Å². The first-order valence-electron chi connectivity index (χ1n) is 5.04. The molecular formula is C12H16O3. The van der Waals surface area contributed by atoms with E-state index in [1.807, 2.05) is 6.08 Å². The molecule has 0 fully saturated rings. The fourth-order valence-electron chi connectivity index (χ4n) is 1.79. The van der Waals surface area contributed by atoms with Crippen LogP contribution in [0.5, 0.6) is 0 Å². The van der Waals surface area contributed by atoms with E-state index in [9.17, 15) is 9.59 Å². The summed E-state index contributed by atoms with van der Waals surface area (Å²) in [4.78, 5) is 22.7. The van der Waals surface area contributed by atoms with Crippen LogP contribution in [-0.4, -0.2) is 11.8 Å². The summed E-state index contributed by atoms with van der Waals surface area (Å²) in [5.74, 6) is 0.207. The van der Waals surface area contributed by atoms with Gasteiger partial charge in [-0.15, -0.1) is 6.58 Å². The smallest absolute Gasteiger partial charge is 0.307 e. The van der Waals surface area contributed by atoms with E-state index >= 15 is 0 Å². The molecule has 0 N–H and O–H groups in total. The zero-order valence-electron chi connectivity index (χ0n) is 9.21. The van der Waals surface area contributed by atoms with E-state index < -0.39 is 5.41 Å². The number of hydrogen-bond acceptors (Lipinski definition) is 3. The summed E-state index contributed by atoms with van der Waals surface area (Å²) in [5, 5.41) is 0. The largest absolute Gasteiger partial charge is 0.431 e. The molecule has 1 aliphatic carbocycles. The fraction of sp³-hybridized carbons (Fsp3) is 0.500. The molecule has 0 aliphatic heterocycles. The molecule has 0 amide bonds. The molecule has 1 aliphatic rings. The average Bonchev–Trinajstić information content (AvgIpc) is 2.13. The van der Waals surface area contributed by atoms with Gasteiger partial charge in [0.05, 0.1) is 5.41 Å². The molecule has 0 aromatic heterocycles. The molecule has 1 unspecified atom stereocenters. The molecule has 0 radical (unpaired) electrons. The van der Waals surface area contributed by atoms with Crippen molar-refractivity contribution in [2.75, 3.05) is 0 Å². The summed E-state index contributed by atoms with van der Waals surface area (Å²) in [6, 6.07) is 0. The molecular weight excluding hydrogens is 192 g/mol. The minimum absolute atomic E-state index is 0.112. The van der Waals surface area contributed by atoms with Crippen molar-refractivity contribution in [3.05, 3.63) is 24.5 Å². The van der Waals surface area contributed by atoms with Crippen LogP contribution in [0.4, 0.5) is 0 Å². The number of esters is 1. The van der Waals surface area contributed by atoms with Gasteiger partial charge >= 0.3 is 5.97 Å². The van der Waals surface area contributed by atoms with E-state index in [1.54, 1.807) is 13.0 Å². The third-order valence-corrected chi connectivity index (χ3v) is 2.67. The van der Waals surface area contributed by atoms with Crippen LogP contribution in [0.25, 0.3) is 0 Å². The first-order valence-corrected chi connectivity index (χ1v) is 5.04. The van der Waals surface area contributed by atoms with Crippen LogP contribution in [-0.2, 0) is 14.3 Å². The van der Waals surface area contributed by atoms with Crippen LogP contribution < -0.4 is 0 Å². The number of hydrogen-bond donors (Lipinski definition) is 0. The Labute approximate surface area is 89.8 Å². The number of Topliss-reactive ketones (excluding diaryl/α,β-unsaturated/α-hetero) is 1. The number of ketones is 1. The first-order chi connectivity index (χ1) is 7.00. The Morgan fingerprint density at radius 2 is 2.40 bits per heavy atom. The van der Waals surface area contributed by atoms with E-state index in [2.05, 4.69) is 6.58 Å². The molecule has 82 valence electrons. The van der Waals surface area contributed by atoms with E-state index in [1.165, 1.54) is 6.92 Å². The highest BCUT2D eigenvalue weighted by Gasteiger charge is 2.39. The van der Waals surface area contributed by atoms with Crippen molar-refractivity contribution in [3.63, 3.8) is 0 Å². The second-order valence-corrected chi connectivity index (χ2v) is 3.95. The van der Waals surface area contributed by atoms with E-state index in [0.717, 1.165) is 0 Å². The molecule has 1 atom stereocenters.